The fraction of sp³-hybridized carbons (Fsp3) is 0.412. The van der Waals surface area contributed by atoms with E-state index in [2.05, 4.69) is 29.1 Å². The Kier molecular flexibility index (Phi) is 6.35. The van der Waals surface area contributed by atoms with E-state index in [-0.39, 0.29) is 6.04 Å². The molecule has 0 aliphatic carbocycles. The van der Waals surface area contributed by atoms with Crippen LogP contribution in [-0.2, 0) is 16.6 Å². The van der Waals surface area contributed by atoms with Crippen LogP contribution >= 0.6 is 11.3 Å². The molecule has 1 aromatic carbocycles. The molecule has 0 fully saturated rings. The average molecular weight is 353 g/mol. The van der Waals surface area contributed by atoms with Crippen LogP contribution < -0.4 is 5.32 Å². The molecule has 23 heavy (non-hydrogen) atoms. The molecule has 2 rings (SSSR count). The van der Waals surface area contributed by atoms with Gasteiger partial charge in [0.2, 0.25) is 10.0 Å². The molecule has 0 saturated carbocycles. The second-order valence-electron chi connectivity index (χ2n) is 5.39. The number of thiophene rings is 1. The summed E-state index contributed by atoms with van der Waals surface area (Å²) in [5, 5.41) is 7.64. The van der Waals surface area contributed by atoms with Gasteiger partial charge in [0.05, 0.1) is 4.90 Å². The first-order valence-corrected chi connectivity index (χ1v) is 10.2. The molecule has 126 valence electrons. The van der Waals surface area contributed by atoms with Gasteiger partial charge in [-0.05, 0) is 47.0 Å². The SMILES string of the molecule is CCN(CC)S(=O)(=O)c1ccc([C@@H](C)NCc2ccsc2)cc1. The molecule has 1 aromatic heterocycles. The fourth-order valence-electron chi connectivity index (χ4n) is 2.42. The van der Waals surface area contributed by atoms with Gasteiger partial charge < -0.3 is 5.32 Å². The van der Waals surface area contributed by atoms with E-state index in [4.69, 9.17) is 0 Å². The lowest BCUT2D eigenvalue weighted by molar-refractivity contribution is 0.445. The molecule has 0 amide bonds. The molecular formula is C17H24N2O2S2. The Labute approximate surface area is 143 Å². The van der Waals surface area contributed by atoms with Crippen LogP contribution in [0, 0.1) is 0 Å². The van der Waals surface area contributed by atoms with E-state index in [9.17, 15) is 8.42 Å². The Morgan fingerprint density at radius 3 is 2.30 bits per heavy atom. The molecular weight excluding hydrogens is 328 g/mol. The highest BCUT2D eigenvalue weighted by molar-refractivity contribution is 7.89. The fourth-order valence-corrected chi connectivity index (χ4v) is 4.55. The maximum absolute atomic E-state index is 12.5. The minimum absolute atomic E-state index is 0.167. The predicted molar refractivity (Wildman–Crippen MR) is 96.1 cm³/mol. The van der Waals surface area contributed by atoms with Crippen LogP contribution in [-0.4, -0.2) is 25.8 Å². The van der Waals surface area contributed by atoms with Crippen molar-refractivity contribution in [3.63, 3.8) is 0 Å². The van der Waals surface area contributed by atoms with E-state index >= 15 is 0 Å². The first-order chi connectivity index (χ1) is 11.0. The molecule has 1 heterocycles. The number of benzene rings is 1. The van der Waals surface area contributed by atoms with Gasteiger partial charge in [0.25, 0.3) is 0 Å². The third-order valence-electron chi connectivity index (χ3n) is 3.92. The van der Waals surface area contributed by atoms with Crippen molar-refractivity contribution in [3.8, 4) is 0 Å². The molecule has 1 N–H and O–H groups in total. The van der Waals surface area contributed by atoms with Gasteiger partial charge in [0.1, 0.15) is 0 Å². The zero-order valence-corrected chi connectivity index (χ0v) is 15.5. The molecule has 2 aromatic rings. The normalized spacial score (nSPS) is 13.4. The van der Waals surface area contributed by atoms with Crippen LogP contribution in [0.25, 0.3) is 0 Å². The number of hydrogen-bond donors (Lipinski definition) is 1. The Morgan fingerprint density at radius 1 is 1.13 bits per heavy atom. The van der Waals surface area contributed by atoms with E-state index in [1.165, 1.54) is 9.87 Å². The van der Waals surface area contributed by atoms with Crippen molar-refractivity contribution in [2.45, 2.75) is 38.3 Å². The summed E-state index contributed by atoms with van der Waals surface area (Å²) in [5.74, 6) is 0. The van der Waals surface area contributed by atoms with Crippen molar-refractivity contribution in [1.29, 1.82) is 0 Å². The van der Waals surface area contributed by atoms with E-state index in [1.54, 1.807) is 23.5 Å². The zero-order valence-electron chi connectivity index (χ0n) is 13.8. The largest absolute Gasteiger partial charge is 0.306 e. The van der Waals surface area contributed by atoms with Gasteiger partial charge in [0, 0.05) is 25.7 Å². The van der Waals surface area contributed by atoms with Crippen LogP contribution in [0.3, 0.4) is 0 Å². The topological polar surface area (TPSA) is 49.4 Å². The predicted octanol–water partition coefficient (Wildman–Crippen LogP) is 3.63. The molecule has 0 saturated heterocycles. The summed E-state index contributed by atoms with van der Waals surface area (Å²) >= 11 is 1.69. The van der Waals surface area contributed by atoms with Crippen LogP contribution in [0.1, 0.15) is 37.9 Å². The zero-order chi connectivity index (χ0) is 16.9. The first kappa shape index (κ1) is 18.1. The van der Waals surface area contributed by atoms with Gasteiger partial charge in [0.15, 0.2) is 0 Å². The molecule has 4 nitrogen and oxygen atoms in total. The molecule has 0 aliphatic heterocycles. The maximum atomic E-state index is 12.5. The Bertz CT molecular complexity index is 691. The third kappa shape index (κ3) is 4.41. The van der Waals surface area contributed by atoms with Crippen molar-refractivity contribution in [3.05, 3.63) is 52.2 Å². The Hall–Kier alpha value is -1.21. The monoisotopic (exact) mass is 352 g/mol. The van der Waals surface area contributed by atoms with Crippen LogP contribution in [0.4, 0.5) is 0 Å². The number of nitrogens with one attached hydrogen (secondary N) is 1. The number of sulfonamides is 1. The van der Waals surface area contributed by atoms with Crippen LogP contribution in [0.2, 0.25) is 0 Å². The van der Waals surface area contributed by atoms with Gasteiger partial charge >= 0.3 is 0 Å². The highest BCUT2D eigenvalue weighted by Crippen LogP contribution is 2.20. The standard InChI is InChI=1S/C17H24N2O2S2/c1-4-19(5-2)23(20,21)17-8-6-16(7-9-17)14(3)18-12-15-10-11-22-13-15/h6-11,13-14,18H,4-5,12H2,1-3H3/t14-/m1/s1. The number of rotatable bonds is 8. The highest BCUT2D eigenvalue weighted by Gasteiger charge is 2.21. The van der Waals surface area contributed by atoms with Gasteiger partial charge in [-0.15, -0.1) is 0 Å². The highest BCUT2D eigenvalue weighted by atomic mass is 32.2. The number of hydrogen-bond acceptors (Lipinski definition) is 4. The van der Waals surface area contributed by atoms with Gasteiger partial charge in [-0.3, -0.25) is 0 Å². The Balaban J connectivity index is 2.06. The van der Waals surface area contributed by atoms with Gasteiger partial charge in [-0.2, -0.15) is 15.6 Å². The van der Waals surface area contributed by atoms with E-state index < -0.39 is 10.0 Å². The summed E-state index contributed by atoms with van der Waals surface area (Å²) in [7, 11) is -3.38. The first-order valence-electron chi connectivity index (χ1n) is 7.83. The van der Waals surface area contributed by atoms with E-state index in [0.717, 1.165) is 12.1 Å². The summed E-state index contributed by atoms with van der Waals surface area (Å²) in [6.07, 6.45) is 0. The van der Waals surface area contributed by atoms with Crippen LogP contribution in [0.15, 0.2) is 46.0 Å². The quantitative estimate of drug-likeness (QED) is 0.789. The summed E-state index contributed by atoms with van der Waals surface area (Å²) in [5.41, 5.74) is 2.35. The molecule has 0 unspecified atom stereocenters. The summed E-state index contributed by atoms with van der Waals surface area (Å²) in [6, 6.07) is 9.45. The van der Waals surface area contributed by atoms with Crippen molar-refractivity contribution in [2.24, 2.45) is 0 Å². The lowest BCUT2D eigenvalue weighted by Crippen LogP contribution is -2.30. The van der Waals surface area contributed by atoms with E-state index in [0.29, 0.717) is 18.0 Å². The summed E-state index contributed by atoms with van der Waals surface area (Å²) in [4.78, 5) is 0.356. The Morgan fingerprint density at radius 2 is 1.78 bits per heavy atom. The second-order valence-corrected chi connectivity index (χ2v) is 8.11. The second kappa shape index (κ2) is 8.06. The third-order valence-corrected chi connectivity index (χ3v) is 6.71. The van der Waals surface area contributed by atoms with Crippen LogP contribution in [0.5, 0.6) is 0 Å². The van der Waals surface area contributed by atoms with Crippen molar-refractivity contribution < 1.29 is 8.42 Å². The van der Waals surface area contributed by atoms with Gasteiger partial charge in [-0.1, -0.05) is 26.0 Å². The lowest BCUT2D eigenvalue weighted by atomic mass is 10.1. The minimum Gasteiger partial charge on any atom is -0.306 e. The summed E-state index contributed by atoms with van der Waals surface area (Å²) in [6.45, 7) is 7.57. The van der Waals surface area contributed by atoms with E-state index in [1.807, 2.05) is 26.0 Å². The lowest BCUT2D eigenvalue weighted by Gasteiger charge is -2.19. The molecule has 6 heteroatoms. The smallest absolute Gasteiger partial charge is 0.243 e. The van der Waals surface area contributed by atoms with Crippen molar-refractivity contribution in [1.82, 2.24) is 9.62 Å². The molecule has 1 atom stereocenters. The molecule has 0 radical (unpaired) electrons. The van der Waals surface area contributed by atoms with Gasteiger partial charge in [-0.25, -0.2) is 8.42 Å². The van der Waals surface area contributed by atoms with Crippen molar-refractivity contribution in [2.75, 3.05) is 13.1 Å². The number of nitrogens with zero attached hydrogens (tertiary/aromatic N) is 1. The van der Waals surface area contributed by atoms with Crippen molar-refractivity contribution >= 4 is 21.4 Å². The molecule has 0 spiro atoms. The molecule has 0 bridgehead atoms. The summed E-state index contributed by atoms with van der Waals surface area (Å²) < 4.78 is 26.4. The maximum Gasteiger partial charge on any atom is 0.243 e. The molecule has 0 aliphatic rings. The minimum atomic E-state index is -3.38. The average Bonchev–Trinajstić information content (AvgIpc) is 3.07.